The second kappa shape index (κ2) is 4.39. The minimum Gasteiger partial charge on any atom is -0.464 e. The van der Waals surface area contributed by atoms with E-state index in [4.69, 9.17) is 0 Å². The predicted molar refractivity (Wildman–Crippen MR) is 52.6 cm³/mol. The van der Waals surface area contributed by atoms with Crippen molar-refractivity contribution in [3.8, 4) is 0 Å². The van der Waals surface area contributed by atoms with Gasteiger partial charge in [-0.25, -0.2) is 4.79 Å². The Morgan fingerprint density at radius 1 is 1.53 bits per heavy atom. The van der Waals surface area contributed by atoms with Gasteiger partial charge in [-0.15, -0.1) is 5.10 Å². The van der Waals surface area contributed by atoms with Gasteiger partial charge >= 0.3 is 5.97 Å². The second-order valence-corrected chi connectivity index (χ2v) is 3.59. The summed E-state index contributed by atoms with van der Waals surface area (Å²) < 4.78 is 4.64. The number of carbonyl (C=O) groups excluding carboxylic acids is 1. The van der Waals surface area contributed by atoms with Crippen LogP contribution in [0.1, 0.15) is 34.9 Å². The third kappa shape index (κ3) is 1.99. The Morgan fingerprint density at radius 2 is 2.40 bits per heavy atom. The fourth-order valence-electron chi connectivity index (χ4n) is 1.86. The van der Waals surface area contributed by atoms with Crippen LogP contribution in [-0.4, -0.2) is 41.6 Å². The third-order valence-corrected chi connectivity index (χ3v) is 2.64. The summed E-state index contributed by atoms with van der Waals surface area (Å²) in [5, 5.41) is 13.6. The number of carbonyl (C=O) groups is 1. The van der Waals surface area contributed by atoms with E-state index in [1.54, 1.807) is 0 Å². The number of aromatic nitrogens is 3. The molecule has 82 valence electrons. The maximum absolute atomic E-state index is 11.4. The molecule has 1 aliphatic rings. The number of ether oxygens (including phenoxy) is 1. The maximum Gasteiger partial charge on any atom is 0.360 e. The van der Waals surface area contributed by atoms with Gasteiger partial charge in [0.15, 0.2) is 5.69 Å². The van der Waals surface area contributed by atoms with Crippen LogP contribution in [0.25, 0.3) is 0 Å². The molecule has 2 N–H and O–H groups in total. The zero-order chi connectivity index (χ0) is 10.7. The van der Waals surface area contributed by atoms with Crippen LogP contribution >= 0.6 is 0 Å². The largest absolute Gasteiger partial charge is 0.464 e. The zero-order valence-corrected chi connectivity index (χ0v) is 8.62. The van der Waals surface area contributed by atoms with Gasteiger partial charge in [-0.1, -0.05) is 0 Å². The Kier molecular flexibility index (Phi) is 2.96. The van der Waals surface area contributed by atoms with E-state index >= 15 is 0 Å². The molecule has 1 unspecified atom stereocenters. The summed E-state index contributed by atoms with van der Waals surface area (Å²) in [7, 11) is 1.35. The molecule has 15 heavy (non-hydrogen) atoms. The Hall–Kier alpha value is -1.43. The van der Waals surface area contributed by atoms with Crippen molar-refractivity contribution in [2.75, 3.05) is 20.2 Å². The first kappa shape index (κ1) is 10.1. The van der Waals surface area contributed by atoms with Gasteiger partial charge in [0.05, 0.1) is 7.11 Å². The molecule has 1 fully saturated rings. The van der Waals surface area contributed by atoms with Gasteiger partial charge in [-0.05, 0) is 19.4 Å². The second-order valence-electron chi connectivity index (χ2n) is 3.59. The number of nitrogens with one attached hydrogen (secondary N) is 2. The van der Waals surface area contributed by atoms with Crippen molar-refractivity contribution in [2.45, 2.75) is 18.8 Å². The lowest BCUT2D eigenvalue weighted by atomic mass is 9.95. The van der Waals surface area contributed by atoms with E-state index in [2.05, 4.69) is 25.5 Å². The molecule has 1 aliphatic heterocycles. The topological polar surface area (TPSA) is 79.9 Å². The van der Waals surface area contributed by atoms with Crippen molar-refractivity contribution < 1.29 is 9.53 Å². The minimum atomic E-state index is -0.427. The standard InChI is InChI=1S/C9H14N4O2/c1-15-9(14)8-7(11-13-12-8)6-3-2-4-10-5-6/h6,10H,2-5H2,1H3,(H,11,12,13). The summed E-state index contributed by atoms with van der Waals surface area (Å²) in [5.74, 6) is -0.170. The number of piperidine rings is 1. The molecule has 6 heteroatoms. The van der Waals surface area contributed by atoms with Crippen molar-refractivity contribution >= 4 is 5.97 Å². The molecule has 2 heterocycles. The number of methoxy groups -OCH3 is 1. The summed E-state index contributed by atoms with van der Waals surface area (Å²) >= 11 is 0. The summed E-state index contributed by atoms with van der Waals surface area (Å²) in [4.78, 5) is 11.4. The highest BCUT2D eigenvalue weighted by Gasteiger charge is 2.25. The molecule has 2 rings (SSSR count). The maximum atomic E-state index is 11.4. The molecule has 1 aromatic heterocycles. The smallest absolute Gasteiger partial charge is 0.360 e. The van der Waals surface area contributed by atoms with Gasteiger partial charge < -0.3 is 10.1 Å². The Morgan fingerprint density at radius 3 is 3.07 bits per heavy atom. The molecule has 0 radical (unpaired) electrons. The van der Waals surface area contributed by atoms with E-state index in [1.807, 2.05) is 0 Å². The molecule has 0 spiro atoms. The molecule has 1 aromatic rings. The lowest BCUT2D eigenvalue weighted by Gasteiger charge is -2.20. The van der Waals surface area contributed by atoms with Crippen molar-refractivity contribution in [1.29, 1.82) is 0 Å². The molecule has 6 nitrogen and oxygen atoms in total. The average Bonchev–Trinajstić information content (AvgIpc) is 2.78. The number of nitrogens with zero attached hydrogens (tertiary/aromatic N) is 2. The van der Waals surface area contributed by atoms with Gasteiger partial charge in [0.25, 0.3) is 0 Å². The highest BCUT2D eigenvalue weighted by Crippen LogP contribution is 2.23. The lowest BCUT2D eigenvalue weighted by Crippen LogP contribution is -2.29. The molecular weight excluding hydrogens is 196 g/mol. The van der Waals surface area contributed by atoms with Crippen molar-refractivity contribution in [3.05, 3.63) is 11.4 Å². The monoisotopic (exact) mass is 210 g/mol. The quantitative estimate of drug-likeness (QED) is 0.675. The van der Waals surface area contributed by atoms with Gasteiger partial charge in [-0.3, -0.25) is 0 Å². The van der Waals surface area contributed by atoms with E-state index in [0.29, 0.717) is 11.4 Å². The first-order chi connectivity index (χ1) is 7.33. The highest BCUT2D eigenvalue weighted by molar-refractivity contribution is 5.88. The summed E-state index contributed by atoms with van der Waals surface area (Å²) in [6.07, 6.45) is 2.13. The van der Waals surface area contributed by atoms with Gasteiger partial charge in [0, 0.05) is 12.5 Å². The first-order valence-corrected chi connectivity index (χ1v) is 5.02. The number of rotatable bonds is 2. The van der Waals surface area contributed by atoms with Crippen LogP contribution in [0.15, 0.2) is 0 Å². The molecule has 1 atom stereocenters. The number of hydrogen-bond acceptors (Lipinski definition) is 5. The van der Waals surface area contributed by atoms with Gasteiger partial charge in [0.2, 0.25) is 0 Å². The molecule has 0 saturated carbocycles. The number of esters is 1. The zero-order valence-electron chi connectivity index (χ0n) is 8.62. The molecule has 0 amide bonds. The van der Waals surface area contributed by atoms with E-state index in [0.717, 1.165) is 25.9 Å². The van der Waals surface area contributed by atoms with Crippen LogP contribution in [0.2, 0.25) is 0 Å². The molecule has 0 aliphatic carbocycles. The Labute approximate surface area is 87.4 Å². The summed E-state index contributed by atoms with van der Waals surface area (Å²) in [5.41, 5.74) is 1.03. The Balaban J connectivity index is 2.19. The first-order valence-electron chi connectivity index (χ1n) is 5.02. The van der Waals surface area contributed by atoms with Crippen molar-refractivity contribution in [1.82, 2.24) is 20.7 Å². The van der Waals surface area contributed by atoms with Crippen LogP contribution in [0.3, 0.4) is 0 Å². The van der Waals surface area contributed by atoms with Crippen molar-refractivity contribution in [2.24, 2.45) is 0 Å². The number of hydrogen-bond donors (Lipinski definition) is 2. The number of aromatic amines is 1. The van der Waals surface area contributed by atoms with Crippen LogP contribution in [0, 0.1) is 0 Å². The average molecular weight is 210 g/mol. The van der Waals surface area contributed by atoms with Crippen molar-refractivity contribution in [3.63, 3.8) is 0 Å². The van der Waals surface area contributed by atoms with Crippen LogP contribution in [0.4, 0.5) is 0 Å². The SMILES string of the molecule is COC(=O)c1n[nH]nc1C1CCCNC1. The highest BCUT2D eigenvalue weighted by atomic mass is 16.5. The Bertz CT molecular complexity index is 344. The van der Waals surface area contributed by atoms with E-state index in [-0.39, 0.29) is 5.92 Å². The van der Waals surface area contributed by atoms with E-state index in [1.165, 1.54) is 7.11 Å². The molecular formula is C9H14N4O2. The molecule has 0 aromatic carbocycles. The fraction of sp³-hybridized carbons (Fsp3) is 0.667. The number of H-pyrrole nitrogens is 1. The fourth-order valence-corrected chi connectivity index (χ4v) is 1.86. The van der Waals surface area contributed by atoms with Crippen LogP contribution in [-0.2, 0) is 4.74 Å². The normalized spacial score (nSPS) is 21.3. The van der Waals surface area contributed by atoms with Gasteiger partial charge in [-0.2, -0.15) is 10.3 Å². The van der Waals surface area contributed by atoms with Crippen LogP contribution < -0.4 is 5.32 Å². The van der Waals surface area contributed by atoms with E-state index < -0.39 is 5.97 Å². The summed E-state index contributed by atoms with van der Waals surface area (Å²) in [6, 6.07) is 0. The van der Waals surface area contributed by atoms with E-state index in [9.17, 15) is 4.79 Å². The summed E-state index contributed by atoms with van der Waals surface area (Å²) in [6.45, 7) is 1.87. The molecule has 1 saturated heterocycles. The molecule has 0 bridgehead atoms. The van der Waals surface area contributed by atoms with Gasteiger partial charge in [0.1, 0.15) is 5.69 Å². The lowest BCUT2D eigenvalue weighted by molar-refractivity contribution is 0.0592. The predicted octanol–water partition coefficient (Wildman–Crippen LogP) is 0.0583. The minimum absolute atomic E-state index is 0.256. The van der Waals surface area contributed by atoms with Crippen LogP contribution in [0.5, 0.6) is 0 Å². The third-order valence-electron chi connectivity index (χ3n) is 2.64.